The lowest BCUT2D eigenvalue weighted by molar-refractivity contribution is -0.384. The lowest BCUT2D eigenvalue weighted by Crippen LogP contribution is -2.10. The van der Waals surface area contributed by atoms with Gasteiger partial charge in [0.2, 0.25) is 5.82 Å². The van der Waals surface area contributed by atoms with Crippen molar-refractivity contribution in [1.29, 1.82) is 0 Å². The summed E-state index contributed by atoms with van der Waals surface area (Å²) in [6.07, 6.45) is 0. The van der Waals surface area contributed by atoms with E-state index in [0.717, 1.165) is 10.0 Å². The molecule has 0 unspecified atom stereocenters. The summed E-state index contributed by atoms with van der Waals surface area (Å²) < 4.78 is 0.791. The Morgan fingerprint density at radius 1 is 1.35 bits per heavy atom. The molecule has 4 N–H and O–H groups in total. The number of nitrogens with two attached hydrogens (primary N) is 1. The minimum Gasteiger partial charge on any atom is -0.333 e. The second-order valence-electron chi connectivity index (χ2n) is 4.07. The van der Waals surface area contributed by atoms with E-state index in [9.17, 15) is 10.1 Å². The highest BCUT2D eigenvalue weighted by Gasteiger charge is 2.17. The molecule has 0 aliphatic heterocycles. The number of rotatable bonds is 4. The van der Waals surface area contributed by atoms with Gasteiger partial charge in [-0.15, -0.1) is 0 Å². The van der Waals surface area contributed by atoms with E-state index in [0.29, 0.717) is 11.5 Å². The molecule has 0 atom stereocenters. The molecule has 0 radical (unpaired) electrons. The Balaban J connectivity index is 2.43. The first-order valence-corrected chi connectivity index (χ1v) is 6.46. The summed E-state index contributed by atoms with van der Waals surface area (Å²) in [5, 5.41) is 13.9. The third-order valence-electron chi connectivity index (χ3n) is 2.60. The molecule has 7 nitrogen and oxygen atoms in total. The van der Waals surface area contributed by atoms with Crippen molar-refractivity contribution in [3.63, 3.8) is 0 Å². The smallest absolute Gasteiger partial charge is 0.311 e. The first-order valence-electron chi connectivity index (χ1n) is 5.66. The molecule has 2 rings (SSSR count). The average Bonchev–Trinajstić information content (AvgIpc) is 2.41. The van der Waals surface area contributed by atoms with Crippen LogP contribution in [0.5, 0.6) is 0 Å². The summed E-state index contributed by atoms with van der Waals surface area (Å²) in [6.45, 7) is 1.95. The number of aromatic nitrogens is 1. The molecule has 0 fully saturated rings. The van der Waals surface area contributed by atoms with Gasteiger partial charge in [-0.2, -0.15) is 0 Å². The fraction of sp³-hybridized carbons (Fsp3) is 0.0833. The minimum absolute atomic E-state index is 0.120. The zero-order valence-electron chi connectivity index (χ0n) is 10.6. The van der Waals surface area contributed by atoms with Crippen LogP contribution in [0.2, 0.25) is 0 Å². The Hall–Kier alpha value is -2.19. The monoisotopic (exact) mass is 337 g/mol. The number of halogens is 1. The van der Waals surface area contributed by atoms with E-state index in [1.54, 1.807) is 0 Å². The summed E-state index contributed by atoms with van der Waals surface area (Å²) in [4.78, 5) is 14.6. The SMILES string of the molecule is Cc1ccc(Nc2nc(NN)ccc2[N+](=O)[O-])c(Br)c1. The molecule has 0 bridgehead atoms. The van der Waals surface area contributed by atoms with Crippen LogP contribution in [-0.4, -0.2) is 9.91 Å². The Morgan fingerprint density at radius 2 is 2.10 bits per heavy atom. The molecule has 0 spiro atoms. The van der Waals surface area contributed by atoms with Crippen LogP contribution in [0.3, 0.4) is 0 Å². The maximum absolute atomic E-state index is 11.0. The predicted octanol–water partition coefficient (Wildman–Crippen LogP) is 3.09. The van der Waals surface area contributed by atoms with Crippen LogP contribution in [0.15, 0.2) is 34.8 Å². The van der Waals surface area contributed by atoms with E-state index < -0.39 is 4.92 Å². The van der Waals surface area contributed by atoms with Crippen LogP contribution in [-0.2, 0) is 0 Å². The Labute approximate surface area is 123 Å². The third kappa shape index (κ3) is 3.03. The van der Waals surface area contributed by atoms with Gasteiger partial charge in [0.1, 0.15) is 5.82 Å². The van der Waals surface area contributed by atoms with Gasteiger partial charge in [-0.3, -0.25) is 10.1 Å². The van der Waals surface area contributed by atoms with E-state index in [-0.39, 0.29) is 11.5 Å². The fourth-order valence-electron chi connectivity index (χ4n) is 1.62. The number of hydrogen-bond donors (Lipinski definition) is 3. The van der Waals surface area contributed by atoms with Gasteiger partial charge in [-0.1, -0.05) is 6.07 Å². The van der Waals surface area contributed by atoms with Crippen LogP contribution in [0.25, 0.3) is 0 Å². The molecular weight excluding hydrogens is 326 g/mol. The number of hydrogen-bond acceptors (Lipinski definition) is 6. The van der Waals surface area contributed by atoms with E-state index in [4.69, 9.17) is 5.84 Å². The summed E-state index contributed by atoms with van der Waals surface area (Å²) in [7, 11) is 0. The Morgan fingerprint density at radius 3 is 2.70 bits per heavy atom. The zero-order chi connectivity index (χ0) is 14.7. The maximum Gasteiger partial charge on any atom is 0.311 e. The van der Waals surface area contributed by atoms with Crippen molar-refractivity contribution >= 4 is 38.9 Å². The Kier molecular flexibility index (Phi) is 4.16. The van der Waals surface area contributed by atoms with Gasteiger partial charge in [0.25, 0.3) is 0 Å². The van der Waals surface area contributed by atoms with E-state index >= 15 is 0 Å². The van der Waals surface area contributed by atoms with Crippen molar-refractivity contribution < 1.29 is 4.92 Å². The quantitative estimate of drug-likeness (QED) is 0.449. The molecule has 1 aromatic heterocycles. The third-order valence-corrected chi connectivity index (χ3v) is 3.25. The van der Waals surface area contributed by atoms with Gasteiger partial charge in [-0.25, -0.2) is 10.8 Å². The summed E-state index contributed by atoms with van der Waals surface area (Å²) in [5.41, 5.74) is 3.98. The van der Waals surface area contributed by atoms with Crippen LogP contribution >= 0.6 is 15.9 Å². The van der Waals surface area contributed by atoms with Gasteiger partial charge < -0.3 is 10.7 Å². The van der Waals surface area contributed by atoms with Crippen LogP contribution in [0.1, 0.15) is 5.56 Å². The molecule has 1 aromatic carbocycles. The number of aryl methyl sites for hydroxylation is 1. The van der Waals surface area contributed by atoms with Crippen molar-refractivity contribution in [2.45, 2.75) is 6.92 Å². The van der Waals surface area contributed by atoms with Crippen LogP contribution < -0.4 is 16.6 Å². The largest absolute Gasteiger partial charge is 0.333 e. The molecule has 0 amide bonds. The number of benzene rings is 1. The average molecular weight is 338 g/mol. The number of pyridine rings is 1. The first-order chi connectivity index (χ1) is 9.51. The molecule has 8 heteroatoms. The van der Waals surface area contributed by atoms with Crippen LogP contribution in [0.4, 0.5) is 23.0 Å². The van der Waals surface area contributed by atoms with Crippen molar-refractivity contribution in [2.24, 2.45) is 5.84 Å². The number of hydrazine groups is 1. The van der Waals surface area contributed by atoms with Gasteiger partial charge in [0, 0.05) is 10.5 Å². The lowest BCUT2D eigenvalue weighted by atomic mass is 10.2. The summed E-state index contributed by atoms with van der Waals surface area (Å²) in [6, 6.07) is 8.39. The Bertz CT molecular complexity index is 662. The number of nitrogens with zero attached hydrogens (tertiary/aromatic N) is 2. The van der Waals surface area contributed by atoms with E-state index in [1.807, 2.05) is 25.1 Å². The number of nitrogen functional groups attached to an aromatic ring is 1. The summed E-state index contributed by atoms with van der Waals surface area (Å²) >= 11 is 3.40. The van der Waals surface area contributed by atoms with E-state index in [1.165, 1.54) is 12.1 Å². The van der Waals surface area contributed by atoms with Crippen molar-refractivity contribution in [2.75, 3.05) is 10.7 Å². The maximum atomic E-state index is 11.0. The highest BCUT2D eigenvalue weighted by molar-refractivity contribution is 9.10. The molecule has 104 valence electrons. The number of nitrogens with one attached hydrogen (secondary N) is 2. The van der Waals surface area contributed by atoms with Gasteiger partial charge >= 0.3 is 5.69 Å². The minimum atomic E-state index is -0.502. The fourth-order valence-corrected chi connectivity index (χ4v) is 2.21. The number of anilines is 3. The predicted molar refractivity (Wildman–Crippen MR) is 80.9 cm³/mol. The topological polar surface area (TPSA) is 106 Å². The van der Waals surface area contributed by atoms with Gasteiger partial charge in [0.15, 0.2) is 0 Å². The standard InChI is InChI=1S/C12H12BrN5O2/c1-7-2-3-9(8(13)6-7)15-12-10(18(19)20)4-5-11(16-12)17-14/h2-6H,14H2,1H3,(H2,15,16,17). The second kappa shape index (κ2) is 5.85. The number of nitro groups is 1. The molecule has 1 heterocycles. The highest BCUT2D eigenvalue weighted by atomic mass is 79.9. The van der Waals surface area contributed by atoms with Crippen molar-refractivity contribution in [3.8, 4) is 0 Å². The van der Waals surface area contributed by atoms with Gasteiger partial charge in [0.05, 0.1) is 10.6 Å². The molecule has 0 aliphatic rings. The summed E-state index contributed by atoms with van der Waals surface area (Å²) in [5.74, 6) is 5.72. The second-order valence-corrected chi connectivity index (χ2v) is 4.93. The molecule has 0 aliphatic carbocycles. The van der Waals surface area contributed by atoms with Gasteiger partial charge in [-0.05, 0) is 46.6 Å². The van der Waals surface area contributed by atoms with E-state index in [2.05, 4.69) is 31.7 Å². The van der Waals surface area contributed by atoms with Crippen molar-refractivity contribution in [3.05, 3.63) is 50.5 Å². The molecule has 20 heavy (non-hydrogen) atoms. The van der Waals surface area contributed by atoms with Crippen LogP contribution in [0, 0.1) is 17.0 Å². The molecular formula is C12H12BrN5O2. The molecule has 2 aromatic rings. The normalized spacial score (nSPS) is 10.2. The first kappa shape index (κ1) is 14.2. The zero-order valence-corrected chi connectivity index (χ0v) is 12.1. The lowest BCUT2D eigenvalue weighted by Gasteiger charge is -2.10. The molecule has 0 saturated carbocycles. The molecule has 0 saturated heterocycles. The highest BCUT2D eigenvalue weighted by Crippen LogP contribution is 2.31. The van der Waals surface area contributed by atoms with Crippen molar-refractivity contribution in [1.82, 2.24) is 4.98 Å².